The van der Waals surface area contributed by atoms with E-state index in [1.54, 1.807) is 29.0 Å². The molecule has 1 aromatic heterocycles. The maximum atomic E-state index is 13.3. The average Bonchev–Trinajstić information content (AvgIpc) is 3.05. The number of amides is 1. The Bertz CT molecular complexity index is 741. The van der Waals surface area contributed by atoms with Gasteiger partial charge in [0, 0.05) is 6.54 Å². The Labute approximate surface area is 141 Å². The molecule has 10 heteroatoms. The van der Waals surface area contributed by atoms with Crippen LogP contribution in [-0.4, -0.2) is 23.9 Å². The summed E-state index contributed by atoms with van der Waals surface area (Å²) in [7, 11) is 0. The largest absolute Gasteiger partial charge is 0.460 e. The number of thiophene rings is 1. The van der Waals surface area contributed by atoms with Crippen molar-refractivity contribution in [2.45, 2.75) is 24.6 Å². The van der Waals surface area contributed by atoms with Gasteiger partial charge in [0.25, 0.3) is 5.91 Å². The van der Waals surface area contributed by atoms with E-state index in [-0.39, 0.29) is 0 Å². The Balaban J connectivity index is 2.19. The highest BCUT2D eigenvalue weighted by Crippen LogP contribution is 2.46. The normalized spacial score (nSPS) is 12.9. The first-order valence-electron chi connectivity index (χ1n) is 6.69. The number of rotatable bonds is 5. The first kappa shape index (κ1) is 19.2. The van der Waals surface area contributed by atoms with E-state index in [2.05, 4.69) is 0 Å². The van der Waals surface area contributed by atoms with Gasteiger partial charge in [0.15, 0.2) is 0 Å². The highest BCUT2D eigenvalue weighted by molar-refractivity contribution is 7.08. The third kappa shape index (κ3) is 3.63. The Morgan fingerprint density at radius 3 is 2.20 bits per heavy atom. The summed E-state index contributed by atoms with van der Waals surface area (Å²) in [5.74, 6) is -15.1. The van der Waals surface area contributed by atoms with E-state index < -0.39 is 30.5 Å². The predicted molar refractivity (Wildman–Crippen MR) is 77.6 cm³/mol. The molecule has 0 aliphatic rings. The summed E-state index contributed by atoms with van der Waals surface area (Å²) in [5, 5.41) is 4.92. The van der Waals surface area contributed by atoms with Gasteiger partial charge in [-0.15, -0.1) is 0 Å². The van der Waals surface area contributed by atoms with Crippen molar-refractivity contribution in [2.24, 2.45) is 0 Å². The summed E-state index contributed by atoms with van der Waals surface area (Å²) in [6, 6.07) is 7.89. The number of alkyl halides is 7. The molecule has 2 rings (SSSR count). The van der Waals surface area contributed by atoms with Crippen molar-refractivity contribution in [3.05, 3.63) is 46.7 Å². The van der Waals surface area contributed by atoms with Crippen LogP contribution in [0.1, 0.15) is 5.56 Å². The number of halogens is 7. The van der Waals surface area contributed by atoms with Gasteiger partial charge in [0.1, 0.15) is 0 Å². The average molecular weight is 385 g/mol. The van der Waals surface area contributed by atoms with Gasteiger partial charge >= 0.3 is 18.0 Å². The molecule has 0 saturated carbocycles. The molecule has 0 spiro atoms. The zero-order valence-corrected chi connectivity index (χ0v) is 13.0. The molecule has 0 aliphatic carbocycles. The molecular weight excluding hydrogens is 375 g/mol. The number of carbonyl (C=O) groups excluding carboxylic acids is 1. The molecule has 136 valence electrons. The lowest BCUT2D eigenvalue weighted by Gasteiger charge is -2.27. The zero-order chi connectivity index (χ0) is 18.9. The van der Waals surface area contributed by atoms with Crippen LogP contribution in [0.3, 0.4) is 0 Å². The number of hydrogen-bond donors (Lipinski definition) is 1. The van der Waals surface area contributed by atoms with E-state index >= 15 is 0 Å². The van der Waals surface area contributed by atoms with Crippen LogP contribution < -0.4 is 5.32 Å². The Morgan fingerprint density at radius 1 is 1.00 bits per heavy atom. The van der Waals surface area contributed by atoms with Crippen LogP contribution in [0.4, 0.5) is 30.7 Å². The van der Waals surface area contributed by atoms with Crippen molar-refractivity contribution in [3.8, 4) is 11.1 Å². The van der Waals surface area contributed by atoms with Crippen molar-refractivity contribution >= 4 is 17.2 Å². The van der Waals surface area contributed by atoms with Crippen LogP contribution in [0.5, 0.6) is 0 Å². The van der Waals surface area contributed by atoms with Crippen molar-refractivity contribution < 1.29 is 35.5 Å². The minimum absolute atomic E-state index is 0.292. The smallest absolute Gasteiger partial charge is 0.347 e. The summed E-state index contributed by atoms with van der Waals surface area (Å²) >= 11 is 1.35. The highest BCUT2D eigenvalue weighted by atomic mass is 32.1. The lowest BCUT2D eigenvalue weighted by atomic mass is 10.0. The third-order valence-corrected chi connectivity index (χ3v) is 4.01. The molecule has 2 nitrogen and oxygen atoms in total. The summed E-state index contributed by atoms with van der Waals surface area (Å²) < 4.78 is 88.6. The molecule has 25 heavy (non-hydrogen) atoms. The summed E-state index contributed by atoms with van der Waals surface area (Å²) in [6.07, 6.45) is -6.55. The number of benzene rings is 1. The molecule has 0 aliphatic heterocycles. The summed E-state index contributed by atoms with van der Waals surface area (Å²) in [6.45, 7) is -0.631. The molecular formula is C15H10F7NOS. The lowest BCUT2D eigenvalue weighted by Crippen LogP contribution is -2.59. The van der Waals surface area contributed by atoms with E-state index in [0.717, 1.165) is 0 Å². The first-order valence-corrected chi connectivity index (χ1v) is 7.64. The van der Waals surface area contributed by atoms with Gasteiger partial charge in [0.2, 0.25) is 0 Å². The molecule has 1 heterocycles. The maximum absolute atomic E-state index is 13.3. The van der Waals surface area contributed by atoms with Gasteiger partial charge in [-0.05, 0) is 33.5 Å². The summed E-state index contributed by atoms with van der Waals surface area (Å²) in [5.41, 5.74) is 1.53. The van der Waals surface area contributed by atoms with Crippen LogP contribution in [0.15, 0.2) is 41.1 Å². The second kappa shape index (κ2) is 6.66. The second-order valence-corrected chi connectivity index (χ2v) is 5.78. The van der Waals surface area contributed by atoms with Crippen LogP contribution in [0.25, 0.3) is 11.1 Å². The van der Waals surface area contributed by atoms with Crippen molar-refractivity contribution in [1.29, 1.82) is 0 Å². The Hall–Kier alpha value is -2.10. The van der Waals surface area contributed by atoms with E-state index in [4.69, 9.17) is 0 Å². The molecule has 2 aromatic rings. The fraction of sp³-hybridized carbons (Fsp3) is 0.267. The quantitative estimate of drug-likeness (QED) is 0.732. The van der Waals surface area contributed by atoms with Crippen LogP contribution >= 0.6 is 11.3 Å². The number of nitrogens with one attached hydrogen (secondary N) is 1. The van der Waals surface area contributed by atoms with Crippen LogP contribution in [0.2, 0.25) is 0 Å². The van der Waals surface area contributed by atoms with E-state index in [9.17, 15) is 35.5 Å². The minimum atomic E-state index is -6.55. The Morgan fingerprint density at radius 2 is 1.64 bits per heavy atom. The minimum Gasteiger partial charge on any atom is -0.347 e. The lowest BCUT2D eigenvalue weighted by molar-refractivity contribution is -0.344. The van der Waals surface area contributed by atoms with Gasteiger partial charge in [-0.3, -0.25) is 4.79 Å². The number of carbonyl (C=O) groups is 1. The van der Waals surface area contributed by atoms with Gasteiger partial charge in [-0.1, -0.05) is 24.3 Å². The van der Waals surface area contributed by atoms with Gasteiger partial charge in [0.05, 0.1) is 0 Å². The van der Waals surface area contributed by atoms with Gasteiger partial charge in [-0.2, -0.15) is 42.1 Å². The van der Waals surface area contributed by atoms with Gasteiger partial charge < -0.3 is 5.32 Å². The molecule has 0 fully saturated rings. The Kier molecular flexibility index (Phi) is 5.12. The van der Waals surface area contributed by atoms with E-state index in [1.165, 1.54) is 28.8 Å². The highest BCUT2D eigenvalue weighted by Gasteiger charge is 2.76. The zero-order valence-electron chi connectivity index (χ0n) is 12.2. The third-order valence-electron chi connectivity index (χ3n) is 3.32. The first-order chi connectivity index (χ1) is 11.5. The summed E-state index contributed by atoms with van der Waals surface area (Å²) in [4.78, 5) is 11.3. The van der Waals surface area contributed by atoms with Gasteiger partial charge in [-0.25, -0.2) is 0 Å². The SMILES string of the molecule is O=C(NCc1ccccc1-c1ccsc1)C(F)(F)C(F)(F)C(F)(F)F. The molecule has 1 N–H and O–H groups in total. The standard InChI is InChI=1S/C15H10F7NOS/c16-13(17,14(18,19)15(20,21)22)12(24)23-7-9-3-1-2-4-11(9)10-5-6-25-8-10/h1-6,8H,7H2,(H,23,24). The fourth-order valence-electron chi connectivity index (χ4n) is 1.98. The predicted octanol–water partition coefficient (Wildman–Crippen LogP) is 4.86. The maximum Gasteiger partial charge on any atom is 0.460 e. The topological polar surface area (TPSA) is 29.1 Å². The van der Waals surface area contributed by atoms with Crippen molar-refractivity contribution in [3.63, 3.8) is 0 Å². The molecule has 0 saturated heterocycles. The molecule has 0 radical (unpaired) electrons. The van der Waals surface area contributed by atoms with Crippen LogP contribution in [-0.2, 0) is 11.3 Å². The van der Waals surface area contributed by atoms with E-state index in [0.29, 0.717) is 16.7 Å². The molecule has 0 unspecified atom stereocenters. The van der Waals surface area contributed by atoms with Crippen LogP contribution in [0, 0.1) is 0 Å². The van der Waals surface area contributed by atoms with E-state index in [1.807, 2.05) is 0 Å². The molecule has 0 atom stereocenters. The van der Waals surface area contributed by atoms with Crippen molar-refractivity contribution in [2.75, 3.05) is 0 Å². The molecule has 1 amide bonds. The number of hydrogen-bond acceptors (Lipinski definition) is 2. The molecule has 0 bridgehead atoms. The second-order valence-electron chi connectivity index (χ2n) is 5.00. The van der Waals surface area contributed by atoms with Crippen molar-refractivity contribution in [1.82, 2.24) is 5.32 Å². The molecule has 1 aromatic carbocycles. The monoisotopic (exact) mass is 385 g/mol. The fourth-order valence-corrected chi connectivity index (χ4v) is 2.64.